The number of carbonyl (C=O) groups excluding carboxylic acids is 2. The van der Waals surface area contributed by atoms with Crippen LogP contribution < -0.4 is 5.73 Å². The summed E-state index contributed by atoms with van der Waals surface area (Å²) in [6.07, 6.45) is 2.13. The van der Waals surface area contributed by atoms with Crippen molar-refractivity contribution >= 4 is 23.2 Å². The van der Waals surface area contributed by atoms with Gasteiger partial charge < -0.3 is 10.5 Å². The minimum Gasteiger partial charge on any atom is -0.443 e. The minimum atomic E-state index is -1.05. The van der Waals surface area contributed by atoms with Crippen LogP contribution in [0.15, 0.2) is 36.4 Å². The zero-order valence-electron chi connectivity index (χ0n) is 11.4. The highest BCUT2D eigenvalue weighted by Gasteiger charge is 2.25. The topological polar surface area (TPSA) is 69.4 Å². The van der Waals surface area contributed by atoms with Crippen molar-refractivity contribution in [2.45, 2.75) is 25.4 Å². The molecule has 21 heavy (non-hydrogen) atoms. The molecule has 0 fully saturated rings. The summed E-state index contributed by atoms with van der Waals surface area (Å²) in [4.78, 5) is 25.6. The number of hydrogen-bond acceptors (Lipinski definition) is 4. The second-order valence-electron chi connectivity index (χ2n) is 5.01. The largest absolute Gasteiger partial charge is 0.443 e. The van der Waals surface area contributed by atoms with Crippen molar-refractivity contribution in [2.24, 2.45) is 5.73 Å². The van der Waals surface area contributed by atoms with Gasteiger partial charge in [-0.2, -0.15) is 0 Å². The van der Waals surface area contributed by atoms with Gasteiger partial charge in [0.1, 0.15) is 4.88 Å². The smallest absolute Gasteiger partial charge is 0.349 e. The summed E-state index contributed by atoms with van der Waals surface area (Å²) in [5.41, 5.74) is 7.16. The molecule has 1 atom stereocenters. The van der Waals surface area contributed by atoms with Gasteiger partial charge in [-0.05, 0) is 30.9 Å². The molecule has 0 saturated carbocycles. The zero-order valence-corrected chi connectivity index (χ0v) is 12.2. The van der Waals surface area contributed by atoms with Gasteiger partial charge in [0.25, 0.3) is 5.91 Å². The molecule has 4 nitrogen and oxygen atoms in total. The molecule has 3 rings (SSSR count). The third-order valence-corrected chi connectivity index (χ3v) is 4.75. The molecule has 0 radical (unpaired) electrons. The van der Waals surface area contributed by atoms with Crippen molar-refractivity contribution in [1.82, 2.24) is 0 Å². The van der Waals surface area contributed by atoms with E-state index in [0.717, 1.165) is 19.3 Å². The Morgan fingerprint density at radius 1 is 1.19 bits per heavy atom. The molecule has 2 N–H and O–H groups in total. The van der Waals surface area contributed by atoms with Crippen LogP contribution in [0.4, 0.5) is 0 Å². The number of thiophene rings is 1. The summed E-state index contributed by atoms with van der Waals surface area (Å²) >= 11 is 1.45. The van der Waals surface area contributed by atoms with Gasteiger partial charge in [-0.3, -0.25) is 4.79 Å². The lowest BCUT2D eigenvalue weighted by atomic mass is 10.1. The number of fused-ring (bicyclic) bond motifs is 1. The van der Waals surface area contributed by atoms with Crippen LogP contribution in [0.2, 0.25) is 0 Å². The van der Waals surface area contributed by atoms with E-state index >= 15 is 0 Å². The fourth-order valence-corrected chi connectivity index (χ4v) is 3.65. The molecule has 0 saturated heterocycles. The molecule has 0 unspecified atom stereocenters. The van der Waals surface area contributed by atoms with Crippen LogP contribution >= 0.6 is 11.3 Å². The lowest BCUT2D eigenvalue weighted by molar-refractivity contribution is -0.127. The first-order valence-electron chi connectivity index (χ1n) is 6.82. The molecule has 1 aromatic heterocycles. The molecule has 1 heterocycles. The lowest BCUT2D eigenvalue weighted by Crippen LogP contribution is -2.26. The van der Waals surface area contributed by atoms with E-state index in [9.17, 15) is 9.59 Å². The Labute approximate surface area is 126 Å². The highest BCUT2D eigenvalue weighted by atomic mass is 32.1. The predicted molar refractivity (Wildman–Crippen MR) is 80.1 cm³/mol. The first-order chi connectivity index (χ1) is 10.1. The molecule has 5 heteroatoms. The Morgan fingerprint density at radius 2 is 1.95 bits per heavy atom. The first-order valence-corrected chi connectivity index (χ1v) is 7.63. The maximum atomic E-state index is 12.2. The maximum absolute atomic E-state index is 12.2. The third-order valence-electron chi connectivity index (χ3n) is 3.53. The number of ether oxygens (including phenoxy) is 1. The Morgan fingerprint density at radius 3 is 2.62 bits per heavy atom. The van der Waals surface area contributed by atoms with E-state index in [0.29, 0.717) is 10.4 Å². The third kappa shape index (κ3) is 2.83. The molecule has 1 amide bonds. The van der Waals surface area contributed by atoms with E-state index in [4.69, 9.17) is 10.5 Å². The fourth-order valence-electron chi connectivity index (χ4n) is 2.51. The van der Waals surface area contributed by atoms with Crippen LogP contribution in [0, 0.1) is 0 Å². The van der Waals surface area contributed by atoms with Crippen molar-refractivity contribution < 1.29 is 14.3 Å². The van der Waals surface area contributed by atoms with E-state index in [2.05, 4.69) is 0 Å². The first kappa shape index (κ1) is 13.8. The summed E-state index contributed by atoms with van der Waals surface area (Å²) in [6.45, 7) is 0. The van der Waals surface area contributed by atoms with E-state index < -0.39 is 18.0 Å². The predicted octanol–water partition coefficient (Wildman–Crippen LogP) is 2.62. The van der Waals surface area contributed by atoms with Crippen molar-refractivity contribution in [3.8, 4) is 0 Å². The highest BCUT2D eigenvalue weighted by molar-refractivity contribution is 7.14. The summed E-state index contributed by atoms with van der Waals surface area (Å²) in [7, 11) is 0. The van der Waals surface area contributed by atoms with Crippen molar-refractivity contribution in [1.29, 1.82) is 0 Å². The van der Waals surface area contributed by atoms with Crippen molar-refractivity contribution in [2.75, 3.05) is 0 Å². The Hall–Kier alpha value is -2.14. The van der Waals surface area contributed by atoms with Gasteiger partial charge in [0.05, 0.1) is 0 Å². The summed E-state index contributed by atoms with van der Waals surface area (Å²) in [6, 6.07) is 10.7. The lowest BCUT2D eigenvalue weighted by Gasteiger charge is -2.14. The SMILES string of the molecule is NC(=O)[C@H](OC(=O)c1cc2c(s1)CCC2)c1ccccc1. The van der Waals surface area contributed by atoms with Gasteiger partial charge in [-0.15, -0.1) is 11.3 Å². The maximum Gasteiger partial charge on any atom is 0.349 e. The fraction of sp³-hybridized carbons (Fsp3) is 0.250. The second-order valence-corrected chi connectivity index (χ2v) is 6.15. The molecular formula is C16H15NO3S. The molecule has 1 aromatic carbocycles. The van der Waals surface area contributed by atoms with Crippen LogP contribution in [0.25, 0.3) is 0 Å². The number of rotatable bonds is 4. The number of aryl methyl sites for hydroxylation is 2. The summed E-state index contributed by atoms with van der Waals surface area (Å²) in [5.74, 6) is -1.15. The average Bonchev–Trinajstić information content (AvgIpc) is 3.06. The standard InChI is InChI=1S/C16H15NO3S/c17-15(18)14(10-5-2-1-3-6-10)20-16(19)13-9-11-7-4-8-12(11)21-13/h1-3,5-6,9,14H,4,7-8H2,(H2,17,18)/t14-/m1/s1. The van der Waals surface area contributed by atoms with Crippen LogP contribution in [0.1, 0.15) is 38.2 Å². The number of amides is 1. The number of hydrogen-bond donors (Lipinski definition) is 1. The van der Waals surface area contributed by atoms with Gasteiger partial charge in [0.2, 0.25) is 6.10 Å². The number of benzene rings is 1. The van der Waals surface area contributed by atoms with Gasteiger partial charge in [0, 0.05) is 10.4 Å². The van der Waals surface area contributed by atoms with Crippen LogP contribution in [0.5, 0.6) is 0 Å². The van der Waals surface area contributed by atoms with Crippen LogP contribution in [-0.4, -0.2) is 11.9 Å². The van der Waals surface area contributed by atoms with Gasteiger partial charge in [0.15, 0.2) is 0 Å². The van der Waals surface area contributed by atoms with Crippen LogP contribution in [-0.2, 0) is 22.4 Å². The molecule has 0 spiro atoms. The van der Waals surface area contributed by atoms with E-state index in [1.165, 1.54) is 21.8 Å². The van der Waals surface area contributed by atoms with Gasteiger partial charge >= 0.3 is 5.97 Å². The minimum absolute atomic E-state index is 0.484. The number of nitrogens with two attached hydrogens (primary N) is 1. The van der Waals surface area contributed by atoms with E-state index in [1.807, 2.05) is 12.1 Å². The summed E-state index contributed by atoms with van der Waals surface area (Å²) in [5, 5.41) is 0. The van der Waals surface area contributed by atoms with Crippen LogP contribution in [0.3, 0.4) is 0 Å². The zero-order chi connectivity index (χ0) is 14.8. The Kier molecular flexibility index (Phi) is 3.75. The van der Waals surface area contributed by atoms with Gasteiger partial charge in [-0.1, -0.05) is 30.3 Å². The number of primary amides is 1. The summed E-state index contributed by atoms with van der Waals surface area (Å²) < 4.78 is 5.32. The molecule has 0 aliphatic heterocycles. The highest BCUT2D eigenvalue weighted by Crippen LogP contribution is 2.31. The second kappa shape index (κ2) is 5.69. The molecule has 2 aromatic rings. The molecular weight excluding hydrogens is 286 g/mol. The van der Waals surface area contributed by atoms with E-state index in [-0.39, 0.29) is 0 Å². The van der Waals surface area contributed by atoms with Gasteiger partial charge in [-0.25, -0.2) is 4.79 Å². The molecule has 0 bridgehead atoms. The molecule has 1 aliphatic rings. The monoisotopic (exact) mass is 301 g/mol. The number of carbonyl (C=O) groups is 2. The van der Waals surface area contributed by atoms with Crippen molar-refractivity contribution in [3.05, 3.63) is 57.3 Å². The average molecular weight is 301 g/mol. The Balaban J connectivity index is 1.79. The quantitative estimate of drug-likeness (QED) is 0.883. The van der Waals surface area contributed by atoms with Crippen molar-refractivity contribution in [3.63, 3.8) is 0 Å². The normalized spacial score (nSPS) is 14.5. The van der Waals surface area contributed by atoms with E-state index in [1.54, 1.807) is 24.3 Å². The molecule has 108 valence electrons. The Bertz CT molecular complexity index is 657. The molecule has 1 aliphatic carbocycles. The number of esters is 1.